The maximum Gasteiger partial charge on any atom is 0.411 e. The van der Waals surface area contributed by atoms with E-state index in [1.54, 1.807) is 0 Å². The Hall–Kier alpha value is -1.03. The fourth-order valence-electron chi connectivity index (χ4n) is 2.18. The number of rotatable bonds is 6. The van der Waals surface area contributed by atoms with Crippen molar-refractivity contribution in [3.63, 3.8) is 0 Å². The lowest BCUT2D eigenvalue weighted by atomic mass is 9.86. The number of likely N-dealkylation sites (tertiary alicyclic amines) is 1. The van der Waals surface area contributed by atoms with Crippen molar-refractivity contribution in [3.8, 4) is 0 Å². The number of halogens is 6. The van der Waals surface area contributed by atoms with E-state index in [4.69, 9.17) is 5.11 Å². The van der Waals surface area contributed by atoms with Crippen LogP contribution in [0.1, 0.15) is 12.8 Å². The zero-order chi connectivity index (χ0) is 16.3. The van der Waals surface area contributed by atoms with E-state index in [9.17, 15) is 31.1 Å². The number of hydrogen-bond acceptors (Lipinski definition) is 3. The summed E-state index contributed by atoms with van der Waals surface area (Å²) >= 11 is 0. The molecule has 1 atom stereocenters. The smallest absolute Gasteiger partial charge is 0.411 e. The quantitative estimate of drug-likeness (QED) is 0.602. The molecule has 1 aliphatic rings. The fourth-order valence-corrected chi connectivity index (χ4v) is 2.18. The van der Waals surface area contributed by atoms with Crippen LogP contribution in [0.2, 0.25) is 0 Å². The molecule has 1 rings (SSSR count). The Bertz CT molecular complexity index is 370. The zero-order valence-corrected chi connectivity index (χ0v) is 10.9. The second-order valence-electron chi connectivity index (χ2n) is 4.93. The minimum atomic E-state index is -4.86. The van der Waals surface area contributed by atoms with Crippen LogP contribution in [0.15, 0.2) is 0 Å². The molecule has 124 valence electrons. The zero-order valence-electron chi connectivity index (χ0n) is 10.9. The third-order valence-corrected chi connectivity index (χ3v) is 3.33. The summed E-state index contributed by atoms with van der Waals surface area (Å²) < 4.78 is 78.2. The molecule has 0 aliphatic carbocycles. The van der Waals surface area contributed by atoms with E-state index in [1.807, 2.05) is 0 Å². The van der Waals surface area contributed by atoms with Gasteiger partial charge in [0, 0.05) is 19.7 Å². The largest absolute Gasteiger partial charge is 0.481 e. The summed E-state index contributed by atoms with van der Waals surface area (Å²) in [6, 6.07) is 0. The van der Waals surface area contributed by atoms with Crippen molar-refractivity contribution in [2.45, 2.75) is 25.2 Å². The van der Waals surface area contributed by atoms with Crippen molar-refractivity contribution >= 4 is 5.97 Å². The highest BCUT2D eigenvalue weighted by Gasteiger charge is 2.63. The Morgan fingerprint density at radius 1 is 1.24 bits per heavy atom. The van der Waals surface area contributed by atoms with Crippen LogP contribution in [0.5, 0.6) is 0 Å². The van der Waals surface area contributed by atoms with E-state index < -0.39 is 43.3 Å². The minimum Gasteiger partial charge on any atom is -0.481 e. The molecule has 0 aromatic carbocycles. The molecule has 1 saturated heterocycles. The van der Waals surface area contributed by atoms with Gasteiger partial charge in [0.15, 0.2) is 5.41 Å². The van der Waals surface area contributed by atoms with Crippen LogP contribution in [-0.4, -0.2) is 61.2 Å². The monoisotopic (exact) mass is 323 g/mol. The third-order valence-electron chi connectivity index (χ3n) is 3.33. The molecule has 0 spiro atoms. The third kappa shape index (κ3) is 4.73. The Labute approximate surface area is 116 Å². The Balaban J connectivity index is 2.39. The van der Waals surface area contributed by atoms with Crippen LogP contribution in [-0.2, 0) is 9.53 Å². The van der Waals surface area contributed by atoms with Gasteiger partial charge in [0.1, 0.15) is 6.61 Å². The van der Waals surface area contributed by atoms with Gasteiger partial charge in [-0.1, -0.05) is 0 Å². The normalized spacial score (nSPS) is 24.5. The Morgan fingerprint density at radius 2 is 1.86 bits per heavy atom. The van der Waals surface area contributed by atoms with Crippen molar-refractivity contribution in [2.75, 3.05) is 32.8 Å². The molecule has 1 unspecified atom stereocenters. The lowest BCUT2D eigenvalue weighted by Gasteiger charge is -2.27. The maximum absolute atomic E-state index is 12.9. The summed E-state index contributed by atoms with van der Waals surface area (Å²) in [5.74, 6) is -1.93. The van der Waals surface area contributed by atoms with Gasteiger partial charge in [-0.3, -0.25) is 4.79 Å². The lowest BCUT2D eigenvalue weighted by Crippen LogP contribution is -2.47. The predicted octanol–water partition coefficient (Wildman–Crippen LogP) is 2.29. The molecule has 1 fully saturated rings. The first-order chi connectivity index (χ1) is 9.48. The lowest BCUT2D eigenvalue weighted by molar-refractivity contribution is -0.227. The average Bonchev–Trinajstić information content (AvgIpc) is 2.72. The van der Waals surface area contributed by atoms with Gasteiger partial charge in [-0.25, -0.2) is 0 Å². The fraction of sp³-hybridized carbons (Fsp3) is 0.909. The first-order valence-electron chi connectivity index (χ1n) is 6.15. The van der Waals surface area contributed by atoms with Gasteiger partial charge >= 0.3 is 18.3 Å². The van der Waals surface area contributed by atoms with Crippen LogP contribution in [0.25, 0.3) is 0 Å². The first kappa shape index (κ1) is 18.0. The summed E-state index contributed by atoms with van der Waals surface area (Å²) in [6.07, 6.45) is -9.76. The predicted molar refractivity (Wildman–Crippen MR) is 58.7 cm³/mol. The van der Waals surface area contributed by atoms with Gasteiger partial charge in [0.2, 0.25) is 0 Å². The molecule has 1 N–H and O–H groups in total. The molecule has 10 heteroatoms. The van der Waals surface area contributed by atoms with Crippen molar-refractivity contribution in [1.29, 1.82) is 0 Å². The number of nitrogens with zero attached hydrogens (tertiary/aromatic N) is 1. The van der Waals surface area contributed by atoms with Crippen molar-refractivity contribution in [2.24, 2.45) is 5.41 Å². The first-order valence-corrected chi connectivity index (χ1v) is 6.15. The summed E-state index contributed by atoms with van der Waals surface area (Å²) in [5, 5.41) is 8.82. The van der Waals surface area contributed by atoms with Crippen molar-refractivity contribution in [3.05, 3.63) is 0 Å². The van der Waals surface area contributed by atoms with Crippen molar-refractivity contribution in [1.82, 2.24) is 4.90 Å². The van der Waals surface area contributed by atoms with Gasteiger partial charge in [-0.05, 0) is 19.4 Å². The van der Waals surface area contributed by atoms with Gasteiger partial charge in [-0.2, -0.15) is 26.3 Å². The number of aliphatic carboxylic acids is 1. The maximum atomic E-state index is 12.9. The van der Waals surface area contributed by atoms with Crippen LogP contribution in [0, 0.1) is 5.41 Å². The Kier molecular flexibility index (Phi) is 5.48. The molecule has 4 nitrogen and oxygen atoms in total. The number of alkyl halides is 6. The van der Waals surface area contributed by atoms with E-state index in [1.165, 1.54) is 4.90 Å². The van der Waals surface area contributed by atoms with E-state index in [-0.39, 0.29) is 26.1 Å². The number of carboxylic acid groups (broad SMARTS) is 1. The van der Waals surface area contributed by atoms with E-state index >= 15 is 0 Å². The molecule has 0 bridgehead atoms. The van der Waals surface area contributed by atoms with Crippen LogP contribution < -0.4 is 0 Å². The molecule has 0 aromatic rings. The van der Waals surface area contributed by atoms with Crippen molar-refractivity contribution < 1.29 is 41.0 Å². The molecule has 1 aliphatic heterocycles. The number of carboxylic acids is 1. The highest BCUT2D eigenvalue weighted by molar-refractivity contribution is 5.76. The van der Waals surface area contributed by atoms with E-state index in [0.29, 0.717) is 0 Å². The summed E-state index contributed by atoms with van der Waals surface area (Å²) in [5.41, 5.74) is -2.79. The molecule has 0 amide bonds. The second kappa shape index (κ2) is 6.39. The topological polar surface area (TPSA) is 49.8 Å². The number of ether oxygens (including phenoxy) is 1. The van der Waals surface area contributed by atoms with E-state index in [2.05, 4.69) is 4.74 Å². The SMILES string of the molecule is O=C(O)C1(C(F)(F)F)CCN(CCCOCC(F)(F)F)C1. The molecule has 0 saturated carbocycles. The summed E-state index contributed by atoms with van der Waals surface area (Å²) in [4.78, 5) is 12.2. The molecule has 0 aromatic heterocycles. The summed E-state index contributed by atoms with van der Waals surface area (Å²) in [6.45, 7) is -2.35. The van der Waals surface area contributed by atoms with Crippen LogP contribution >= 0.6 is 0 Å². The van der Waals surface area contributed by atoms with E-state index in [0.717, 1.165) is 0 Å². The molecular formula is C11H15F6NO3. The molecular weight excluding hydrogens is 308 g/mol. The number of carbonyl (C=O) groups is 1. The molecule has 1 heterocycles. The van der Waals surface area contributed by atoms with Gasteiger partial charge in [-0.15, -0.1) is 0 Å². The molecule has 21 heavy (non-hydrogen) atoms. The van der Waals surface area contributed by atoms with Crippen LogP contribution in [0.3, 0.4) is 0 Å². The number of hydrogen-bond donors (Lipinski definition) is 1. The van der Waals surface area contributed by atoms with Gasteiger partial charge in [0.05, 0.1) is 0 Å². The average molecular weight is 323 g/mol. The minimum absolute atomic E-state index is 0.0585. The Morgan fingerprint density at radius 3 is 2.29 bits per heavy atom. The van der Waals surface area contributed by atoms with Gasteiger partial charge < -0.3 is 14.7 Å². The summed E-state index contributed by atoms with van der Waals surface area (Å²) in [7, 11) is 0. The molecule has 0 radical (unpaired) electrons. The standard InChI is InChI=1S/C11H15F6NO3/c12-10(13,14)7-21-5-1-3-18-4-2-9(6-18,8(19)20)11(15,16)17/h1-7H2,(H,19,20). The van der Waals surface area contributed by atoms with Gasteiger partial charge in [0.25, 0.3) is 0 Å². The second-order valence-corrected chi connectivity index (χ2v) is 4.93. The van der Waals surface area contributed by atoms with Crippen LogP contribution in [0.4, 0.5) is 26.3 Å². The highest BCUT2D eigenvalue weighted by Crippen LogP contribution is 2.45. The highest BCUT2D eigenvalue weighted by atomic mass is 19.4.